The summed E-state index contributed by atoms with van der Waals surface area (Å²) < 4.78 is 1.96. The number of aryl methyl sites for hydroxylation is 2. The SMILES string of the molecule is Cc1cccc(-c2nc(NC(=O)CNC(=O)c3ccn(C(C)(C)C)c3)sc2C)n1. The number of aromatic nitrogens is 3. The minimum Gasteiger partial charge on any atom is -0.348 e. The van der Waals surface area contributed by atoms with Gasteiger partial charge >= 0.3 is 0 Å². The van der Waals surface area contributed by atoms with Gasteiger partial charge in [0.15, 0.2) is 5.13 Å². The number of anilines is 1. The van der Waals surface area contributed by atoms with Gasteiger partial charge in [0.05, 0.1) is 17.8 Å². The average Bonchev–Trinajstić information content (AvgIpc) is 3.26. The van der Waals surface area contributed by atoms with Crippen LogP contribution in [0, 0.1) is 13.8 Å². The standard InChI is InChI=1S/C21H25N5O2S/c1-13-7-6-8-16(23-13)18-14(2)29-20(25-18)24-17(27)11-22-19(28)15-9-10-26(12-15)21(3,4)5/h6-10,12H,11H2,1-5H3,(H,22,28)(H,24,25,27). The van der Waals surface area contributed by atoms with E-state index in [0.717, 1.165) is 22.0 Å². The molecule has 0 aliphatic heterocycles. The third kappa shape index (κ3) is 5.08. The van der Waals surface area contributed by atoms with Crippen LogP contribution in [0.15, 0.2) is 36.7 Å². The van der Waals surface area contributed by atoms with Gasteiger partial charge in [-0.15, -0.1) is 11.3 Å². The van der Waals surface area contributed by atoms with E-state index >= 15 is 0 Å². The summed E-state index contributed by atoms with van der Waals surface area (Å²) in [6.07, 6.45) is 3.63. The molecule has 0 fully saturated rings. The fraction of sp³-hybridized carbons (Fsp3) is 0.333. The number of nitrogens with zero attached hydrogens (tertiary/aromatic N) is 3. The highest BCUT2D eigenvalue weighted by molar-refractivity contribution is 7.16. The highest BCUT2D eigenvalue weighted by Crippen LogP contribution is 2.29. The Morgan fingerprint density at radius 3 is 2.55 bits per heavy atom. The maximum Gasteiger partial charge on any atom is 0.253 e. The van der Waals surface area contributed by atoms with Crippen molar-refractivity contribution in [1.29, 1.82) is 0 Å². The van der Waals surface area contributed by atoms with Crippen LogP contribution in [0.5, 0.6) is 0 Å². The molecule has 0 spiro atoms. The van der Waals surface area contributed by atoms with Crippen LogP contribution in [0.2, 0.25) is 0 Å². The second-order valence-electron chi connectivity index (χ2n) is 7.80. The molecule has 0 aliphatic rings. The molecule has 7 nitrogen and oxygen atoms in total. The van der Waals surface area contributed by atoms with Crippen molar-refractivity contribution in [3.63, 3.8) is 0 Å². The maximum atomic E-state index is 12.3. The van der Waals surface area contributed by atoms with Gasteiger partial charge in [-0.3, -0.25) is 14.6 Å². The van der Waals surface area contributed by atoms with Crippen molar-refractivity contribution < 1.29 is 9.59 Å². The molecule has 2 N–H and O–H groups in total. The van der Waals surface area contributed by atoms with Crippen molar-refractivity contribution in [2.75, 3.05) is 11.9 Å². The first kappa shape index (κ1) is 20.7. The van der Waals surface area contributed by atoms with E-state index in [1.54, 1.807) is 12.3 Å². The van der Waals surface area contributed by atoms with Crippen molar-refractivity contribution in [2.45, 2.75) is 40.2 Å². The van der Waals surface area contributed by atoms with Crippen LogP contribution in [-0.4, -0.2) is 32.9 Å². The molecule has 0 radical (unpaired) electrons. The predicted molar refractivity (Wildman–Crippen MR) is 115 cm³/mol. The molecule has 3 heterocycles. The zero-order valence-corrected chi connectivity index (χ0v) is 18.1. The number of pyridine rings is 1. The molecule has 0 saturated heterocycles. The van der Waals surface area contributed by atoms with Crippen LogP contribution in [-0.2, 0) is 10.3 Å². The summed E-state index contributed by atoms with van der Waals surface area (Å²) in [4.78, 5) is 34.5. The summed E-state index contributed by atoms with van der Waals surface area (Å²) >= 11 is 1.38. The Morgan fingerprint density at radius 2 is 1.90 bits per heavy atom. The van der Waals surface area contributed by atoms with E-state index in [0.29, 0.717) is 10.7 Å². The van der Waals surface area contributed by atoms with Crippen LogP contribution in [0.1, 0.15) is 41.7 Å². The van der Waals surface area contributed by atoms with Crippen molar-refractivity contribution in [3.05, 3.63) is 52.8 Å². The summed E-state index contributed by atoms with van der Waals surface area (Å²) in [6.45, 7) is 9.90. The molecular formula is C21H25N5O2S. The van der Waals surface area contributed by atoms with Gasteiger partial charge in [0.2, 0.25) is 5.91 Å². The van der Waals surface area contributed by atoms with E-state index in [-0.39, 0.29) is 23.9 Å². The van der Waals surface area contributed by atoms with Gasteiger partial charge in [0.1, 0.15) is 5.69 Å². The number of rotatable bonds is 5. The average molecular weight is 412 g/mol. The molecule has 0 atom stereocenters. The van der Waals surface area contributed by atoms with Gasteiger partial charge in [-0.25, -0.2) is 4.98 Å². The predicted octanol–water partition coefficient (Wildman–Crippen LogP) is 3.75. The van der Waals surface area contributed by atoms with Gasteiger partial charge < -0.3 is 15.2 Å². The molecule has 0 unspecified atom stereocenters. The summed E-state index contributed by atoms with van der Waals surface area (Å²) in [6, 6.07) is 7.48. The quantitative estimate of drug-likeness (QED) is 0.669. The van der Waals surface area contributed by atoms with Crippen LogP contribution in [0.3, 0.4) is 0 Å². The van der Waals surface area contributed by atoms with Crippen LogP contribution < -0.4 is 10.6 Å². The molecular weight excluding hydrogens is 386 g/mol. The molecule has 2 amide bonds. The Hall–Kier alpha value is -3.00. The van der Waals surface area contributed by atoms with Gasteiger partial charge in [-0.2, -0.15) is 0 Å². The minimum atomic E-state index is -0.328. The monoisotopic (exact) mass is 411 g/mol. The first-order valence-electron chi connectivity index (χ1n) is 9.31. The lowest BCUT2D eigenvalue weighted by molar-refractivity contribution is -0.115. The zero-order valence-electron chi connectivity index (χ0n) is 17.2. The highest BCUT2D eigenvalue weighted by atomic mass is 32.1. The first-order valence-corrected chi connectivity index (χ1v) is 10.1. The largest absolute Gasteiger partial charge is 0.348 e. The van der Waals surface area contributed by atoms with Gasteiger partial charge in [0, 0.05) is 28.5 Å². The smallest absolute Gasteiger partial charge is 0.253 e. The van der Waals surface area contributed by atoms with E-state index in [9.17, 15) is 9.59 Å². The zero-order chi connectivity index (χ0) is 21.2. The van der Waals surface area contributed by atoms with Gasteiger partial charge in [-0.1, -0.05) is 6.07 Å². The Labute approximate surface area is 174 Å². The Balaban J connectivity index is 1.59. The van der Waals surface area contributed by atoms with E-state index in [2.05, 4.69) is 41.4 Å². The lowest BCUT2D eigenvalue weighted by atomic mass is 10.1. The van der Waals surface area contributed by atoms with Crippen molar-refractivity contribution in [2.24, 2.45) is 0 Å². The number of hydrogen-bond acceptors (Lipinski definition) is 5. The molecule has 0 bridgehead atoms. The minimum absolute atomic E-state index is 0.109. The summed E-state index contributed by atoms with van der Waals surface area (Å²) in [5.74, 6) is -0.616. The lowest BCUT2D eigenvalue weighted by Gasteiger charge is -2.20. The normalized spacial score (nSPS) is 11.3. The van der Waals surface area contributed by atoms with Crippen LogP contribution >= 0.6 is 11.3 Å². The Bertz CT molecular complexity index is 1050. The number of carbonyl (C=O) groups excluding carboxylic acids is 2. The number of thiazole rings is 1. The van der Waals surface area contributed by atoms with Crippen LogP contribution in [0.4, 0.5) is 5.13 Å². The second-order valence-corrected chi connectivity index (χ2v) is 9.00. The highest BCUT2D eigenvalue weighted by Gasteiger charge is 2.17. The topological polar surface area (TPSA) is 88.9 Å². The molecule has 3 aromatic heterocycles. The molecule has 3 rings (SSSR count). The Kier molecular flexibility index (Phi) is 5.83. The fourth-order valence-electron chi connectivity index (χ4n) is 2.74. The third-order valence-electron chi connectivity index (χ3n) is 4.31. The number of carbonyl (C=O) groups is 2. The van der Waals surface area contributed by atoms with Crippen molar-refractivity contribution in [3.8, 4) is 11.4 Å². The number of nitrogens with one attached hydrogen (secondary N) is 2. The molecule has 8 heteroatoms. The van der Waals surface area contributed by atoms with Gasteiger partial charge in [-0.05, 0) is 52.8 Å². The number of hydrogen-bond donors (Lipinski definition) is 2. The van der Waals surface area contributed by atoms with Crippen molar-refractivity contribution in [1.82, 2.24) is 19.9 Å². The summed E-state index contributed by atoms with van der Waals surface area (Å²) in [5, 5.41) is 5.87. The van der Waals surface area contributed by atoms with Crippen LogP contribution in [0.25, 0.3) is 11.4 Å². The van der Waals surface area contributed by atoms with E-state index in [4.69, 9.17) is 0 Å². The number of amides is 2. The fourth-order valence-corrected chi connectivity index (χ4v) is 3.58. The summed E-state index contributed by atoms with van der Waals surface area (Å²) in [7, 11) is 0. The Morgan fingerprint density at radius 1 is 1.14 bits per heavy atom. The van der Waals surface area contributed by atoms with E-state index in [1.807, 2.05) is 42.8 Å². The molecule has 0 aromatic carbocycles. The summed E-state index contributed by atoms with van der Waals surface area (Å²) in [5.41, 5.74) is 2.84. The third-order valence-corrected chi connectivity index (χ3v) is 5.20. The molecule has 0 aliphatic carbocycles. The van der Waals surface area contributed by atoms with Gasteiger partial charge in [0.25, 0.3) is 5.91 Å². The molecule has 0 saturated carbocycles. The first-order chi connectivity index (χ1) is 13.6. The maximum absolute atomic E-state index is 12.3. The second kappa shape index (κ2) is 8.16. The van der Waals surface area contributed by atoms with E-state index in [1.165, 1.54) is 11.3 Å². The molecule has 3 aromatic rings. The lowest BCUT2D eigenvalue weighted by Crippen LogP contribution is -2.32. The molecule has 29 heavy (non-hydrogen) atoms. The van der Waals surface area contributed by atoms with E-state index < -0.39 is 0 Å². The van der Waals surface area contributed by atoms with Crippen molar-refractivity contribution >= 4 is 28.3 Å². The molecule has 152 valence electrons.